The van der Waals surface area contributed by atoms with E-state index >= 15 is 0 Å². The van der Waals surface area contributed by atoms with Gasteiger partial charge in [-0.25, -0.2) is 13.4 Å². The molecule has 2 heterocycles. The number of hydrogen-bond donors (Lipinski definition) is 1. The molecule has 6 rings (SSSR count). The van der Waals surface area contributed by atoms with E-state index in [1.54, 1.807) is 48.5 Å². The highest BCUT2D eigenvalue weighted by Crippen LogP contribution is 2.43. The Kier molecular flexibility index (Phi) is 7.59. The molecule has 1 aliphatic heterocycles. The van der Waals surface area contributed by atoms with Crippen LogP contribution < -0.4 is 0 Å². The lowest BCUT2D eigenvalue weighted by Gasteiger charge is -2.32. The van der Waals surface area contributed by atoms with Gasteiger partial charge < -0.3 is 9.67 Å². The van der Waals surface area contributed by atoms with Crippen molar-refractivity contribution in [2.75, 3.05) is 13.1 Å². The van der Waals surface area contributed by atoms with E-state index in [-0.39, 0.29) is 24.9 Å². The summed E-state index contributed by atoms with van der Waals surface area (Å²) in [5.41, 5.74) is -3.46. The van der Waals surface area contributed by atoms with Crippen molar-refractivity contribution >= 4 is 44.3 Å². The fourth-order valence-electron chi connectivity index (χ4n) is 5.83. The Bertz CT molecular complexity index is 1670. The standard InChI is InChI=1S/C30H28Cl2F3N3O3S/c31-24-8-3-21(4-9-24)29(39,22-5-10-25(32)11-6-22)23-7-12-26-27(17-23)38(28(36-26)20-1-2-20)18-19-13-15-37(16-14-19)42(40,41)30(33,34)35/h3-12,17,19-20,39H,1-2,13-16,18H2. The monoisotopic (exact) mass is 637 g/mol. The number of rotatable bonds is 7. The van der Waals surface area contributed by atoms with Gasteiger partial charge in [-0.2, -0.15) is 17.5 Å². The number of fused-ring (bicyclic) bond motifs is 1. The quantitative estimate of drug-likeness (QED) is 0.220. The van der Waals surface area contributed by atoms with Crippen LogP contribution in [0.1, 0.15) is 54.1 Å². The zero-order valence-corrected chi connectivity index (χ0v) is 24.7. The highest BCUT2D eigenvalue weighted by Gasteiger charge is 2.50. The van der Waals surface area contributed by atoms with Crippen LogP contribution in [0.2, 0.25) is 10.0 Å². The lowest BCUT2D eigenvalue weighted by atomic mass is 9.80. The molecular formula is C30H28Cl2F3N3O3S. The smallest absolute Gasteiger partial charge is 0.376 e. The first-order valence-electron chi connectivity index (χ1n) is 13.7. The third-order valence-corrected chi connectivity index (χ3v) is 10.4. The first-order valence-corrected chi connectivity index (χ1v) is 15.9. The summed E-state index contributed by atoms with van der Waals surface area (Å²) in [6.07, 6.45) is 2.60. The predicted molar refractivity (Wildman–Crippen MR) is 156 cm³/mol. The van der Waals surface area contributed by atoms with Gasteiger partial charge in [-0.3, -0.25) is 0 Å². The normalized spacial score (nSPS) is 17.7. The summed E-state index contributed by atoms with van der Waals surface area (Å²) in [5.74, 6) is 1.17. The van der Waals surface area contributed by atoms with Crippen LogP contribution in [0, 0.1) is 5.92 Å². The fraction of sp³-hybridized carbons (Fsp3) is 0.367. The molecule has 0 atom stereocenters. The zero-order valence-electron chi connectivity index (χ0n) is 22.4. The first-order chi connectivity index (χ1) is 19.9. The third-order valence-electron chi connectivity index (χ3n) is 8.31. The second-order valence-corrected chi connectivity index (χ2v) is 13.9. The molecule has 42 heavy (non-hydrogen) atoms. The van der Waals surface area contributed by atoms with E-state index in [4.69, 9.17) is 28.2 Å². The van der Waals surface area contributed by atoms with Crippen molar-refractivity contribution in [3.05, 3.63) is 99.3 Å². The van der Waals surface area contributed by atoms with Crippen LogP contribution in [-0.2, 0) is 22.2 Å². The SMILES string of the molecule is O=S(=O)(N1CCC(Cn2c(C3CC3)nc3ccc(C(O)(c4ccc(Cl)cc4)c4ccc(Cl)cc4)cc32)CC1)C(F)(F)F. The van der Waals surface area contributed by atoms with Crippen molar-refractivity contribution < 1.29 is 26.7 Å². The lowest BCUT2D eigenvalue weighted by molar-refractivity contribution is -0.0497. The largest absolute Gasteiger partial charge is 0.511 e. The van der Waals surface area contributed by atoms with E-state index in [9.17, 15) is 26.7 Å². The number of sulfonamides is 1. The summed E-state index contributed by atoms with van der Waals surface area (Å²) >= 11 is 12.3. The van der Waals surface area contributed by atoms with Crippen LogP contribution in [0.4, 0.5) is 13.2 Å². The Morgan fingerprint density at radius 2 is 1.36 bits per heavy atom. The number of piperidine rings is 1. The molecule has 1 aliphatic carbocycles. The molecule has 12 heteroatoms. The number of imidazole rings is 1. The Labute approximate surface area is 251 Å². The molecule has 0 amide bonds. The van der Waals surface area contributed by atoms with Gasteiger partial charge in [0.1, 0.15) is 11.4 Å². The second-order valence-electron chi connectivity index (χ2n) is 11.1. The Balaban J connectivity index is 1.38. The Morgan fingerprint density at radius 3 is 1.86 bits per heavy atom. The number of benzene rings is 3. The first kappa shape index (κ1) is 29.4. The highest BCUT2D eigenvalue weighted by molar-refractivity contribution is 7.90. The van der Waals surface area contributed by atoms with Gasteiger partial charge in [0.15, 0.2) is 0 Å². The minimum absolute atomic E-state index is 0.0327. The van der Waals surface area contributed by atoms with E-state index in [0.717, 1.165) is 29.7 Å². The van der Waals surface area contributed by atoms with Gasteiger partial charge in [-0.05, 0) is 84.7 Å². The van der Waals surface area contributed by atoms with Gasteiger partial charge in [-0.15, -0.1) is 0 Å². The average molecular weight is 639 g/mol. The maximum absolute atomic E-state index is 13.1. The zero-order chi connectivity index (χ0) is 29.9. The van der Waals surface area contributed by atoms with E-state index in [2.05, 4.69) is 4.57 Å². The molecule has 0 unspecified atom stereocenters. The topological polar surface area (TPSA) is 75.4 Å². The second kappa shape index (κ2) is 10.8. The molecule has 0 radical (unpaired) electrons. The number of nitrogens with zero attached hydrogens (tertiary/aromatic N) is 3. The molecule has 2 aliphatic rings. The number of alkyl halides is 3. The van der Waals surface area contributed by atoms with Crippen molar-refractivity contribution in [1.29, 1.82) is 0 Å². The highest BCUT2D eigenvalue weighted by atomic mass is 35.5. The molecule has 0 spiro atoms. The molecule has 1 aromatic heterocycles. The van der Waals surface area contributed by atoms with Crippen LogP contribution in [0.3, 0.4) is 0 Å². The molecule has 3 aromatic carbocycles. The Morgan fingerprint density at radius 1 is 0.833 bits per heavy atom. The van der Waals surface area contributed by atoms with E-state index in [1.165, 1.54) is 0 Å². The van der Waals surface area contributed by atoms with Gasteiger partial charge in [-0.1, -0.05) is 53.5 Å². The molecule has 1 N–H and O–H groups in total. The van der Waals surface area contributed by atoms with Crippen molar-refractivity contribution in [2.24, 2.45) is 5.92 Å². The van der Waals surface area contributed by atoms with Crippen molar-refractivity contribution in [3.8, 4) is 0 Å². The summed E-state index contributed by atoms with van der Waals surface area (Å²) in [7, 11) is -5.34. The van der Waals surface area contributed by atoms with E-state index in [0.29, 0.717) is 50.4 Å². The molecule has 1 saturated heterocycles. The number of hydrogen-bond acceptors (Lipinski definition) is 4. The maximum Gasteiger partial charge on any atom is 0.511 e. The molecular weight excluding hydrogens is 610 g/mol. The number of aliphatic hydroxyl groups is 1. The molecule has 2 fully saturated rings. The summed E-state index contributed by atoms with van der Waals surface area (Å²) in [4.78, 5) is 4.91. The summed E-state index contributed by atoms with van der Waals surface area (Å²) in [6, 6.07) is 19.6. The minimum atomic E-state index is -5.34. The maximum atomic E-state index is 13.1. The summed E-state index contributed by atoms with van der Waals surface area (Å²) in [5, 5.41) is 13.5. The van der Waals surface area contributed by atoms with Gasteiger partial charge >= 0.3 is 15.5 Å². The van der Waals surface area contributed by atoms with Crippen molar-refractivity contribution in [2.45, 2.75) is 49.3 Å². The van der Waals surface area contributed by atoms with Gasteiger partial charge in [0.05, 0.1) is 11.0 Å². The van der Waals surface area contributed by atoms with Gasteiger partial charge in [0.2, 0.25) is 0 Å². The lowest BCUT2D eigenvalue weighted by Crippen LogP contribution is -2.45. The van der Waals surface area contributed by atoms with Gasteiger partial charge in [0.25, 0.3) is 0 Å². The summed E-state index contributed by atoms with van der Waals surface area (Å²) < 4.78 is 65.7. The molecule has 1 saturated carbocycles. The van der Waals surface area contributed by atoms with Crippen LogP contribution in [0.5, 0.6) is 0 Å². The molecule has 4 aromatic rings. The summed E-state index contributed by atoms with van der Waals surface area (Å²) in [6.45, 7) is 0.123. The number of halogens is 5. The van der Waals surface area contributed by atoms with Gasteiger partial charge in [0, 0.05) is 35.6 Å². The van der Waals surface area contributed by atoms with Crippen LogP contribution in [0.15, 0.2) is 66.7 Å². The molecule has 6 nitrogen and oxygen atoms in total. The average Bonchev–Trinajstić information content (AvgIpc) is 3.75. The molecule has 0 bridgehead atoms. The fourth-order valence-corrected chi connectivity index (χ4v) is 7.07. The minimum Gasteiger partial charge on any atom is -0.376 e. The van der Waals surface area contributed by atoms with E-state index in [1.807, 2.05) is 18.2 Å². The third kappa shape index (κ3) is 5.32. The predicted octanol–water partition coefficient (Wildman–Crippen LogP) is 7.07. The van der Waals surface area contributed by atoms with Crippen LogP contribution in [-0.4, -0.2) is 46.0 Å². The number of aromatic nitrogens is 2. The van der Waals surface area contributed by atoms with Crippen molar-refractivity contribution in [3.63, 3.8) is 0 Å². The van der Waals surface area contributed by atoms with Crippen LogP contribution >= 0.6 is 23.2 Å². The molecule has 222 valence electrons. The Hall–Kier alpha value is -2.63. The van der Waals surface area contributed by atoms with Crippen molar-refractivity contribution in [1.82, 2.24) is 13.9 Å². The van der Waals surface area contributed by atoms with Crippen LogP contribution in [0.25, 0.3) is 11.0 Å². The van der Waals surface area contributed by atoms with E-state index < -0.39 is 21.1 Å².